The third kappa shape index (κ3) is 3.80. The molecule has 2 N–H and O–H groups in total. The molecule has 0 aliphatic rings. The van der Waals surface area contributed by atoms with E-state index < -0.39 is 5.97 Å². The first-order valence-corrected chi connectivity index (χ1v) is 5.52. The Hall–Kier alpha value is -2.02. The van der Waals surface area contributed by atoms with E-state index in [1.807, 2.05) is 25.1 Å². The number of nitriles is 1. The second kappa shape index (κ2) is 5.90. The lowest BCUT2D eigenvalue weighted by Crippen LogP contribution is -2.14. The van der Waals surface area contributed by atoms with Crippen molar-refractivity contribution in [1.82, 2.24) is 0 Å². The molecule has 0 radical (unpaired) electrons. The van der Waals surface area contributed by atoms with Gasteiger partial charge in [0.05, 0.1) is 17.2 Å². The number of nitrogens with one attached hydrogen (secondary N) is 1. The van der Waals surface area contributed by atoms with Crippen molar-refractivity contribution in [2.24, 2.45) is 5.92 Å². The Labute approximate surface area is 101 Å². The standard InChI is InChI=1S/C13H16N2O2/c1-9-3-4-12(11(7-9)8-14)15-6-5-10(2)13(16)17/h3-4,7,10,15H,5-6H2,1-2H3,(H,16,17). The molecule has 0 bridgehead atoms. The largest absolute Gasteiger partial charge is 0.481 e. The molecule has 17 heavy (non-hydrogen) atoms. The highest BCUT2D eigenvalue weighted by Crippen LogP contribution is 2.16. The molecule has 0 saturated heterocycles. The van der Waals surface area contributed by atoms with Crippen LogP contribution < -0.4 is 5.32 Å². The minimum Gasteiger partial charge on any atom is -0.481 e. The molecule has 0 fully saturated rings. The Morgan fingerprint density at radius 3 is 2.88 bits per heavy atom. The van der Waals surface area contributed by atoms with Gasteiger partial charge in [-0.1, -0.05) is 13.0 Å². The summed E-state index contributed by atoms with van der Waals surface area (Å²) in [6.45, 7) is 4.15. The highest BCUT2D eigenvalue weighted by Gasteiger charge is 2.10. The first-order chi connectivity index (χ1) is 8.04. The molecule has 1 atom stereocenters. The van der Waals surface area contributed by atoms with Crippen LogP contribution >= 0.6 is 0 Å². The highest BCUT2D eigenvalue weighted by molar-refractivity contribution is 5.69. The van der Waals surface area contributed by atoms with Gasteiger partial charge in [0.25, 0.3) is 0 Å². The maximum absolute atomic E-state index is 10.6. The van der Waals surface area contributed by atoms with Crippen molar-refractivity contribution in [2.45, 2.75) is 20.3 Å². The first kappa shape index (κ1) is 13.0. The molecule has 0 aromatic heterocycles. The number of aryl methyl sites for hydroxylation is 1. The van der Waals surface area contributed by atoms with Gasteiger partial charge < -0.3 is 10.4 Å². The van der Waals surface area contributed by atoms with Gasteiger partial charge in [-0.25, -0.2) is 0 Å². The first-order valence-electron chi connectivity index (χ1n) is 5.52. The number of hydrogen-bond donors (Lipinski definition) is 2. The zero-order valence-corrected chi connectivity index (χ0v) is 10.0. The zero-order chi connectivity index (χ0) is 12.8. The van der Waals surface area contributed by atoms with Crippen LogP contribution in [0.3, 0.4) is 0 Å². The van der Waals surface area contributed by atoms with Gasteiger partial charge in [0.2, 0.25) is 0 Å². The van der Waals surface area contributed by atoms with E-state index >= 15 is 0 Å². The second-order valence-electron chi connectivity index (χ2n) is 4.12. The average molecular weight is 232 g/mol. The van der Waals surface area contributed by atoms with Gasteiger partial charge in [-0.3, -0.25) is 4.79 Å². The van der Waals surface area contributed by atoms with Crippen LogP contribution in [-0.4, -0.2) is 17.6 Å². The number of carboxylic acid groups (broad SMARTS) is 1. The Morgan fingerprint density at radius 1 is 1.59 bits per heavy atom. The Kier molecular flexibility index (Phi) is 4.53. The number of hydrogen-bond acceptors (Lipinski definition) is 3. The van der Waals surface area contributed by atoms with E-state index in [1.54, 1.807) is 6.92 Å². The van der Waals surface area contributed by atoms with Crippen molar-refractivity contribution >= 4 is 11.7 Å². The van der Waals surface area contributed by atoms with Crippen LogP contribution in [0.5, 0.6) is 0 Å². The summed E-state index contributed by atoms with van der Waals surface area (Å²) < 4.78 is 0. The minimum atomic E-state index is -0.795. The SMILES string of the molecule is Cc1ccc(NCCC(C)C(=O)O)c(C#N)c1. The van der Waals surface area contributed by atoms with Gasteiger partial charge in [0.15, 0.2) is 0 Å². The molecule has 0 spiro atoms. The van der Waals surface area contributed by atoms with E-state index in [-0.39, 0.29) is 5.92 Å². The molecular formula is C13H16N2O2. The van der Waals surface area contributed by atoms with Crippen LogP contribution in [0.25, 0.3) is 0 Å². The average Bonchev–Trinajstić information content (AvgIpc) is 2.30. The number of anilines is 1. The van der Waals surface area contributed by atoms with Gasteiger partial charge in [-0.15, -0.1) is 0 Å². The third-order valence-electron chi connectivity index (χ3n) is 2.61. The van der Waals surface area contributed by atoms with Crippen LogP contribution in [0, 0.1) is 24.2 Å². The predicted molar refractivity (Wildman–Crippen MR) is 65.8 cm³/mol. The minimum absolute atomic E-state index is 0.376. The van der Waals surface area contributed by atoms with Crippen LogP contribution in [0.15, 0.2) is 18.2 Å². The second-order valence-corrected chi connectivity index (χ2v) is 4.12. The summed E-state index contributed by atoms with van der Waals surface area (Å²) >= 11 is 0. The van der Waals surface area contributed by atoms with Crippen molar-refractivity contribution in [2.75, 3.05) is 11.9 Å². The Morgan fingerprint density at radius 2 is 2.29 bits per heavy atom. The number of carboxylic acids is 1. The van der Waals surface area contributed by atoms with Crippen molar-refractivity contribution in [1.29, 1.82) is 5.26 Å². The number of benzene rings is 1. The molecule has 0 aliphatic carbocycles. The molecule has 1 rings (SSSR count). The molecule has 0 amide bonds. The van der Waals surface area contributed by atoms with Crippen LogP contribution in [0.4, 0.5) is 5.69 Å². The van der Waals surface area contributed by atoms with Crippen LogP contribution in [0.2, 0.25) is 0 Å². The number of rotatable bonds is 5. The van der Waals surface area contributed by atoms with Crippen molar-refractivity contribution in [3.8, 4) is 6.07 Å². The Bertz CT molecular complexity index is 449. The molecule has 0 aliphatic heterocycles. The molecule has 4 heteroatoms. The smallest absolute Gasteiger partial charge is 0.306 e. The number of aliphatic carboxylic acids is 1. The summed E-state index contributed by atoms with van der Waals surface area (Å²) in [5.41, 5.74) is 2.38. The lowest BCUT2D eigenvalue weighted by molar-refractivity contribution is -0.141. The number of carbonyl (C=O) groups is 1. The van der Waals surface area contributed by atoms with Gasteiger partial charge in [0.1, 0.15) is 6.07 Å². The summed E-state index contributed by atoms with van der Waals surface area (Å²) in [6, 6.07) is 7.69. The van der Waals surface area contributed by atoms with Crippen LogP contribution in [0.1, 0.15) is 24.5 Å². The lowest BCUT2D eigenvalue weighted by atomic mass is 10.1. The Balaban J connectivity index is 2.58. The van der Waals surface area contributed by atoms with Crippen molar-refractivity contribution in [3.63, 3.8) is 0 Å². The number of nitrogens with zero attached hydrogens (tertiary/aromatic N) is 1. The quantitative estimate of drug-likeness (QED) is 0.817. The normalized spacial score (nSPS) is 11.6. The summed E-state index contributed by atoms with van der Waals surface area (Å²) in [7, 11) is 0. The van der Waals surface area contributed by atoms with Gasteiger partial charge >= 0.3 is 5.97 Å². The molecule has 1 aromatic carbocycles. The molecule has 90 valence electrons. The highest BCUT2D eigenvalue weighted by atomic mass is 16.4. The monoisotopic (exact) mass is 232 g/mol. The summed E-state index contributed by atoms with van der Waals surface area (Å²) in [5, 5.41) is 20.8. The van der Waals surface area contributed by atoms with E-state index in [9.17, 15) is 4.79 Å². The molecule has 0 heterocycles. The molecule has 0 saturated carbocycles. The third-order valence-corrected chi connectivity index (χ3v) is 2.61. The van der Waals surface area contributed by atoms with Gasteiger partial charge in [-0.05, 0) is 31.0 Å². The maximum atomic E-state index is 10.6. The summed E-state index contributed by atoms with van der Waals surface area (Å²) in [4.78, 5) is 10.6. The van der Waals surface area contributed by atoms with Gasteiger partial charge in [-0.2, -0.15) is 5.26 Å². The van der Waals surface area contributed by atoms with Crippen molar-refractivity contribution < 1.29 is 9.90 Å². The van der Waals surface area contributed by atoms with Crippen molar-refractivity contribution in [3.05, 3.63) is 29.3 Å². The molecule has 1 aromatic rings. The fraction of sp³-hybridized carbons (Fsp3) is 0.385. The van der Waals surface area contributed by atoms with E-state index in [4.69, 9.17) is 10.4 Å². The predicted octanol–water partition coefficient (Wildman–Crippen LogP) is 2.39. The summed E-state index contributed by atoms with van der Waals surface area (Å²) in [6.07, 6.45) is 0.536. The summed E-state index contributed by atoms with van der Waals surface area (Å²) in [5.74, 6) is -1.17. The van der Waals surface area contributed by atoms with E-state index in [0.29, 0.717) is 18.5 Å². The fourth-order valence-electron chi connectivity index (χ4n) is 1.45. The molecule has 1 unspecified atom stereocenters. The van der Waals surface area contributed by atoms with Crippen LogP contribution in [-0.2, 0) is 4.79 Å². The molecule has 4 nitrogen and oxygen atoms in total. The van der Waals surface area contributed by atoms with Gasteiger partial charge in [0, 0.05) is 6.54 Å². The lowest BCUT2D eigenvalue weighted by Gasteiger charge is -2.10. The maximum Gasteiger partial charge on any atom is 0.306 e. The zero-order valence-electron chi connectivity index (χ0n) is 10.0. The fourth-order valence-corrected chi connectivity index (χ4v) is 1.45. The topological polar surface area (TPSA) is 73.1 Å². The van der Waals surface area contributed by atoms with E-state index in [1.165, 1.54) is 0 Å². The van der Waals surface area contributed by atoms with E-state index in [0.717, 1.165) is 11.3 Å². The van der Waals surface area contributed by atoms with E-state index in [2.05, 4.69) is 11.4 Å². The molecular weight excluding hydrogens is 216 g/mol.